The van der Waals surface area contributed by atoms with Crippen LogP contribution in [0.3, 0.4) is 0 Å². The average Bonchev–Trinajstić information content (AvgIpc) is 2.34. The van der Waals surface area contributed by atoms with Crippen LogP contribution < -0.4 is 10.6 Å². The molecule has 0 spiro atoms. The molecule has 0 fully saturated rings. The molecule has 0 unspecified atom stereocenters. The summed E-state index contributed by atoms with van der Waals surface area (Å²) in [5.74, 6) is -0.191. The van der Waals surface area contributed by atoms with Gasteiger partial charge >= 0.3 is 0 Å². The summed E-state index contributed by atoms with van der Waals surface area (Å²) in [6.07, 6.45) is 0. The first-order chi connectivity index (χ1) is 9.43. The number of benzene rings is 1. The number of para-hydroxylation sites is 1. The van der Waals surface area contributed by atoms with Gasteiger partial charge in [-0.25, -0.2) is 0 Å². The van der Waals surface area contributed by atoms with Gasteiger partial charge in [-0.3, -0.25) is 14.5 Å². The zero-order chi connectivity index (χ0) is 15.1. The van der Waals surface area contributed by atoms with Crippen LogP contribution in [-0.2, 0) is 9.59 Å². The summed E-state index contributed by atoms with van der Waals surface area (Å²) in [6, 6.07) is 5.88. The third kappa shape index (κ3) is 5.01. The fourth-order valence-corrected chi connectivity index (χ4v) is 1.99. The minimum absolute atomic E-state index is 0.0742. The lowest BCUT2D eigenvalue weighted by Crippen LogP contribution is -2.38. The fraction of sp³-hybridized carbons (Fsp3) is 0.467. The minimum atomic E-state index is -0.116. The highest BCUT2D eigenvalue weighted by atomic mass is 16.2. The van der Waals surface area contributed by atoms with Crippen LogP contribution in [0.4, 0.5) is 5.69 Å². The largest absolute Gasteiger partial charge is 0.355 e. The predicted molar refractivity (Wildman–Crippen MR) is 80.7 cm³/mol. The molecule has 0 aromatic heterocycles. The van der Waals surface area contributed by atoms with E-state index in [9.17, 15) is 9.59 Å². The maximum Gasteiger partial charge on any atom is 0.238 e. The van der Waals surface area contributed by atoms with Gasteiger partial charge in [0.2, 0.25) is 11.8 Å². The molecule has 20 heavy (non-hydrogen) atoms. The van der Waals surface area contributed by atoms with E-state index in [-0.39, 0.29) is 24.9 Å². The smallest absolute Gasteiger partial charge is 0.238 e. The van der Waals surface area contributed by atoms with E-state index in [0.717, 1.165) is 16.8 Å². The third-order valence-corrected chi connectivity index (χ3v) is 2.95. The molecule has 0 atom stereocenters. The van der Waals surface area contributed by atoms with E-state index in [2.05, 4.69) is 10.6 Å². The standard InChI is InChI=1S/C15H23N3O2/c1-5-16-13(19)9-18(4)10-14(20)17-15-11(2)7-6-8-12(15)3/h6-8H,5,9-10H2,1-4H3,(H,16,19)(H,17,20). The first-order valence-electron chi connectivity index (χ1n) is 6.75. The summed E-state index contributed by atoms with van der Waals surface area (Å²) in [7, 11) is 1.75. The van der Waals surface area contributed by atoms with E-state index in [0.29, 0.717) is 6.54 Å². The van der Waals surface area contributed by atoms with Crippen molar-refractivity contribution in [2.45, 2.75) is 20.8 Å². The number of anilines is 1. The number of carbonyl (C=O) groups is 2. The Morgan fingerprint density at radius 3 is 2.20 bits per heavy atom. The molecule has 0 saturated carbocycles. The summed E-state index contributed by atoms with van der Waals surface area (Å²) in [5.41, 5.74) is 2.92. The molecule has 0 aliphatic rings. The Morgan fingerprint density at radius 2 is 1.65 bits per heavy atom. The molecule has 5 heteroatoms. The SMILES string of the molecule is CCNC(=O)CN(C)CC(=O)Nc1c(C)cccc1C. The molecule has 0 bridgehead atoms. The first-order valence-corrected chi connectivity index (χ1v) is 6.75. The van der Waals surface area contributed by atoms with Gasteiger partial charge in [0.1, 0.15) is 0 Å². The number of hydrogen-bond acceptors (Lipinski definition) is 3. The number of nitrogens with zero attached hydrogens (tertiary/aromatic N) is 1. The van der Waals surface area contributed by atoms with Crippen LogP contribution >= 0.6 is 0 Å². The van der Waals surface area contributed by atoms with E-state index in [4.69, 9.17) is 0 Å². The van der Waals surface area contributed by atoms with Gasteiger partial charge in [-0.15, -0.1) is 0 Å². The zero-order valence-electron chi connectivity index (χ0n) is 12.6. The van der Waals surface area contributed by atoms with Crippen molar-refractivity contribution < 1.29 is 9.59 Å². The van der Waals surface area contributed by atoms with Gasteiger partial charge in [0.05, 0.1) is 13.1 Å². The monoisotopic (exact) mass is 277 g/mol. The van der Waals surface area contributed by atoms with Crippen molar-refractivity contribution in [3.05, 3.63) is 29.3 Å². The highest BCUT2D eigenvalue weighted by molar-refractivity contribution is 5.94. The molecule has 1 aromatic rings. The molecule has 2 N–H and O–H groups in total. The Kier molecular flexibility index (Phi) is 6.18. The molecule has 110 valence electrons. The van der Waals surface area contributed by atoms with Gasteiger partial charge in [-0.2, -0.15) is 0 Å². The van der Waals surface area contributed by atoms with Gasteiger partial charge in [-0.05, 0) is 38.9 Å². The van der Waals surface area contributed by atoms with Gasteiger partial charge in [-0.1, -0.05) is 18.2 Å². The van der Waals surface area contributed by atoms with Crippen LogP contribution in [0.15, 0.2) is 18.2 Å². The third-order valence-electron chi connectivity index (χ3n) is 2.95. The summed E-state index contributed by atoms with van der Waals surface area (Å²) in [4.78, 5) is 25.1. The highest BCUT2D eigenvalue weighted by Crippen LogP contribution is 2.19. The second kappa shape index (κ2) is 7.65. The maximum absolute atomic E-state index is 12.0. The van der Waals surface area contributed by atoms with Crippen LogP contribution in [0.2, 0.25) is 0 Å². The molecule has 2 amide bonds. The van der Waals surface area contributed by atoms with Crippen LogP contribution in [0.5, 0.6) is 0 Å². The topological polar surface area (TPSA) is 61.4 Å². The fourth-order valence-electron chi connectivity index (χ4n) is 1.99. The molecule has 0 aliphatic carbocycles. The molecule has 0 heterocycles. The number of aryl methyl sites for hydroxylation is 2. The Morgan fingerprint density at radius 1 is 1.10 bits per heavy atom. The van der Waals surface area contributed by atoms with Crippen molar-refractivity contribution in [2.75, 3.05) is 32.0 Å². The summed E-state index contributed by atoms with van der Waals surface area (Å²) < 4.78 is 0. The number of rotatable bonds is 6. The van der Waals surface area contributed by atoms with Crippen LogP contribution in [0.25, 0.3) is 0 Å². The lowest BCUT2D eigenvalue weighted by atomic mass is 10.1. The summed E-state index contributed by atoms with van der Waals surface area (Å²) in [6.45, 7) is 6.79. The lowest BCUT2D eigenvalue weighted by molar-refractivity contribution is -0.122. The molecular formula is C15H23N3O2. The Bertz CT molecular complexity index is 466. The normalized spacial score (nSPS) is 10.4. The number of nitrogens with one attached hydrogen (secondary N) is 2. The minimum Gasteiger partial charge on any atom is -0.355 e. The van der Waals surface area contributed by atoms with E-state index in [1.165, 1.54) is 0 Å². The van der Waals surface area contributed by atoms with Crippen LogP contribution in [0.1, 0.15) is 18.1 Å². The van der Waals surface area contributed by atoms with Crippen molar-refractivity contribution >= 4 is 17.5 Å². The predicted octanol–water partition coefficient (Wildman–Crippen LogP) is 1.31. The molecule has 0 saturated heterocycles. The zero-order valence-corrected chi connectivity index (χ0v) is 12.6. The van der Waals surface area contributed by atoms with Crippen molar-refractivity contribution in [3.63, 3.8) is 0 Å². The molecule has 1 aromatic carbocycles. The maximum atomic E-state index is 12.0. The van der Waals surface area contributed by atoms with Gasteiger partial charge in [0.15, 0.2) is 0 Å². The number of hydrogen-bond donors (Lipinski definition) is 2. The number of likely N-dealkylation sites (N-methyl/N-ethyl adjacent to an activating group) is 2. The van der Waals surface area contributed by atoms with Crippen molar-refractivity contribution in [1.82, 2.24) is 10.2 Å². The molecule has 5 nitrogen and oxygen atoms in total. The number of amides is 2. The Labute approximate surface area is 120 Å². The van der Waals surface area contributed by atoms with Gasteiger partial charge < -0.3 is 10.6 Å². The van der Waals surface area contributed by atoms with E-state index >= 15 is 0 Å². The lowest BCUT2D eigenvalue weighted by Gasteiger charge is -2.17. The molecule has 0 radical (unpaired) electrons. The second-order valence-electron chi connectivity index (χ2n) is 4.94. The average molecular weight is 277 g/mol. The molecule has 0 aliphatic heterocycles. The van der Waals surface area contributed by atoms with E-state index < -0.39 is 0 Å². The van der Waals surface area contributed by atoms with Crippen molar-refractivity contribution in [3.8, 4) is 0 Å². The van der Waals surface area contributed by atoms with Crippen molar-refractivity contribution in [2.24, 2.45) is 0 Å². The Balaban J connectivity index is 2.53. The van der Waals surface area contributed by atoms with Crippen LogP contribution in [-0.4, -0.2) is 43.4 Å². The van der Waals surface area contributed by atoms with E-state index in [1.807, 2.05) is 39.0 Å². The second-order valence-corrected chi connectivity index (χ2v) is 4.94. The summed E-state index contributed by atoms with van der Waals surface area (Å²) >= 11 is 0. The quantitative estimate of drug-likeness (QED) is 0.824. The van der Waals surface area contributed by atoms with Crippen molar-refractivity contribution in [1.29, 1.82) is 0 Å². The first kappa shape index (κ1) is 16.2. The molecule has 1 rings (SSSR count). The highest BCUT2D eigenvalue weighted by Gasteiger charge is 2.12. The van der Waals surface area contributed by atoms with E-state index in [1.54, 1.807) is 11.9 Å². The van der Waals surface area contributed by atoms with Gasteiger partial charge in [0.25, 0.3) is 0 Å². The Hall–Kier alpha value is -1.88. The molecular weight excluding hydrogens is 254 g/mol. The summed E-state index contributed by atoms with van der Waals surface area (Å²) in [5, 5.41) is 5.61. The number of carbonyl (C=O) groups excluding carboxylic acids is 2. The van der Waals surface area contributed by atoms with Crippen LogP contribution in [0, 0.1) is 13.8 Å². The van der Waals surface area contributed by atoms with Gasteiger partial charge in [0, 0.05) is 12.2 Å².